The van der Waals surface area contributed by atoms with E-state index in [4.69, 9.17) is 14.2 Å². The molecule has 0 bridgehead atoms. The van der Waals surface area contributed by atoms with Crippen LogP contribution in [-0.4, -0.2) is 100 Å². The molecule has 0 radical (unpaired) electrons. The Labute approximate surface area is 206 Å². The molecule has 1 aliphatic carbocycles. The molecule has 0 aromatic rings. The van der Waals surface area contributed by atoms with E-state index in [0.29, 0.717) is 5.57 Å². The van der Waals surface area contributed by atoms with Crippen LogP contribution in [0.25, 0.3) is 0 Å². The van der Waals surface area contributed by atoms with Crippen molar-refractivity contribution < 1.29 is 44.2 Å². The van der Waals surface area contributed by atoms with Gasteiger partial charge in [-0.15, -0.1) is 12.4 Å². The number of nitrogens with one attached hydrogen (secondary N) is 2. The summed E-state index contributed by atoms with van der Waals surface area (Å²) in [6.45, 7) is 6.51. The van der Waals surface area contributed by atoms with Crippen molar-refractivity contribution in [3.63, 3.8) is 0 Å². The van der Waals surface area contributed by atoms with Crippen LogP contribution in [0.5, 0.6) is 0 Å². The van der Waals surface area contributed by atoms with Crippen molar-refractivity contribution in [1.82, 2.24) is 10.6 Å². The number of amides is 1. The molecule has 1 fully saturated rings. The van der Waals surface area contributed by atoms with Gasteiger partial charge in [0.05, 0.1) is 38.0 Å². The van der Waals surface area contributed by atoms with Crippen molar-refractivity contribution in [2.45, 2.75) is 95.3 Å². The third-order valence-corrected chi connectivity index (χ3v) is 6.06. The standard InChI is InChI=1S/C22H38N2O9.ClH/c1-5-14(6-2)33-17-9-13(21(29)31-7-3)8-15(18(17)24-12(4)25)23-11-22(30)20(28)19(27)16(26)10-32-22;/h9,14-20,23,26-28,30H,5-8,10-11H2,1-4H3,(H,24,25);1H/t15-,16+,17+,18+,19+,20-,22?;/m0./s1. The van der Waals surface area contributed by atoms with Crippen LogP contribution in [0.4, 0.5) is 0 Å². The van der Waals surface area contributed by atoms with Gasteiger partial charge in [0, 0.05) is 18.5 Å². The van der Waals surface area contributed by atoms with Gasteiger partial charge in [-0.05, 0) is 32.3 Å². The molecule has 198 valence electrons. The molecule has 1 unspecified atom stereocenters. The molecule has 2 aliphatic rings. The summed E-state index contributed by atoms with van der Waals surface area (Å²) in [4.78, 5) is 24.5. The monoisotopic (exact) mass is 510 g/mol. The van der Waals surface area contributed by atoms with Gasteiger partial charge in [0.1, 0.15) is 18.3 Å². The summed E-state index contributed by atoms with van der Waals surface area (Å²) in [7, 11) is 0. The van der Waals surface area contributed by atoms with Gasteiger partial charge in [0.2, 0.25) is 11.7 Å². The summed E-state index contributed by atoms with van der Waals surface area (Å²) in [5.74, 6) is -2.99. The fourth-order valence-corrected chi connectivity index (χ4v) is 4.11. The molecule has 12 heteroatoms. The Morgan fingerprint density at radius 2 is 1.88 bits per heavy atom. The molecule has 1 aliphatic heterocycles. The number of carbonyl (C=O) groups is 2. The second kappa shape index (κ2) is 13.7. The zero-order chi connectivity index (χ0) is 24.8. The molecule has 7 atom stereocenters. The molecule has 1 amide bonds. The fourth-order valence-electron chi connectivity index (χ4n) is 4.11. The molecular formula is C22H39ClN2O9. The highest BCUT2D eigenvalue weighted by Crippen LogP contribution is 2.27. The highest BCUT2D eigenvalue weighted by atomic mass is 35.5. The first-order chi connectivity index (χ1) is 15.6. The summed E-state index contributed by atoms with van der Waals surface area (Å²) in [6.07, 6.45) is -2.16. The van der Waals surface area contributed by atoms with Gasteiger partial charge in [-0.2, -0.15) is 0 Å². The van der Waals surface area contributed by atoms with Gasteiger partial charge in [0.15, 0.2) is 0 Å². The smallest absolute Gasteiger partial charge is 0.333 e. The molecule has 2 rings (SSSR count). The van der Waals surface area contributed by atoms with E-state index in [1.54, 1.807) is 13.0 Å². The Balaban J connectivity index is 0.00000578. The third kappa shape index (κ3) is 7.59. The van der Waals surface area contributed by atoms with Crippen LogP contribution in [0.2, 0.25) is 0 Å². The van der Waals surface area contributed by atoms with Crippen LogP contribution in [0, 0.1) is 0 Å². The topological polar surface area (TPSA) is 167 Å². The predicted octanol–water partition coefficient (Wildman–Crippen LogP) is -0.860. The number of aliphatic hydroxyl groups is 4. The first kappa shape index (κ1) is 30.7. The number of hydrogen-bond donors (Lipinski definition) is 6. The largest absolute Gasteiger partial charge is 0.463 e. The molecule has 1 heterocycles. The van der Waals surface area contributed by atoms with E-state index in [9.17, 15) is 30.0 Å². The van der Waals surface area contributed by atoms with E-state index in [1.807, 2.05) is 13.8 Å². The van der Waals surface area contributed by atoms with Crippen LogP contribution in [-0.2, 0) is 23.8 Å². The second-order valence-electron chi connectivity index (χ2n) is 8.53. The first-order valence-electron chi connectivity index (χ1n) is 11.5. The van der Waals surface area contributed by atoms with E-state index < -0.39 is 48.3 Å². The number of halogens is 1. The zero-order valence-electron chi connectivity index (χ0n) is 20.1. The average molecular weight is 511 g/mol. The van der Waals surface area contributed by atoms with Gasteiger partial charge in [-0.1, -0.05) is 13.8 Å². The van der Waals surface area contributed by atoms with Crippen LogP contribution >= 0.6 is 12.4 Å². The van der Waals surface area contributed by atoms with Crippen molar-refractivity contribution in [2.75, 3.05) is 19.8 Å². The minimum atomic E-state index is -2.18. The Morgan fingerprint density at radius 1 is 1.24 bits per heavy atom. The quantitative estimate of drug-likeness (QED) is 0.203. The normalized spacial score (nSPS) is 33.6. The van der Waals surface area contributed by atoms with Crippen molar-refractivity contribution in [2.24, 2.45) is 0 Å². The minimum Gasteiger partial charge on any atom is -0.463 e. The number of rotatable bonds is 10. The number of esters is 1. The molecule has 0 saturated carbocycles. The van der Waals surface area contributed by atoms with Gasteiger partial charge in [-0.3, -0.25) is 4.79 Å². The maximum atomic E-state index is 12.5. The maximum absolute atomic E-state index is 12.5. The number of ether oxygens (including phenoxy) is 3. The van der Waals surface area contributed by atoms with Crippen molar-refractivity contribution in [1.29, 1.82) is 0 Å². The molecular weight excluding hydrogens is 472 g/mol. The van der Waals surface area contributed by atoms with Gasteiger partial charge in [-0.25, -0.2) is 4.79 Å². The minimum absolute atomic E-state index is 0. The summed E-state index contributed by atoms with van der Waals surface area (Å²) in [6, 6.07) is -1.19. The number of carbonyl (C=O) groups excluding carboxylic acids is 2. The lowest BCUT2D eigenvalue weighted by Crippen LogP contribution is -2.67. The van der Waals surface area contributed by atoms with E-state index >= 15 is 0 Å². The van der Waals surface area contributed by atoms with Gasteiger partial charge < -0.3 is 45.3 Å². The van der Waals surface area contributed by atoms with Crippen LogP contribution in [0.1, 0.15) is 47.0 Å². The predicted molar refractivity (Wildman–Crippen MR) is 124 cm³/mol. The van der Waals surface area contributed by atoms with Crippen LogP contribution < -0.4 is 10.6 Å². The highest BCUT2D eigenvalue weighted by molar-refractivity contribution is 5.89. The fraction of sp³-hybridized carbons (Fsp3) is 0.818. The lowest BCUT2D eigenvalue weighted by molar-refractivity contribution is -0.318. The van der Waals surface area contributed by atoms with Crippen molar-refractivity contribution in [3.8, 4) is 0 Å². The van der Waals surface area contributed by atoms with Gasteiger partial charge in [0.25, 0.3) is 0 Å². The SMILES string of the molecule is CCOC(=O)C1=C[C@@H](OC(CC)CC)[C@H](NC(C)=O)[C@@H](NCC2(O)OC[C@@H](O)[C@@H](O)[C@@H]2O)C1.Cl. The van der Waals surface area contributed by atoms with Crippen LogP contribution in [0.3, 0.4) is 0 Å². The lowest BCUT2D eigenvalue weighted by atomic mass is 9.86. The van der Waals surface area contributed by atoms with Gasteiger partial charge >= 0.3 is 5.97 Å². The lowest BCUT2D eigenvalue weighted by Gasteiger charge is -2.44. The molecule has 6 N–H and O–H groups in total. The van der Waals surface area contributed by atoms with Crippen LogP contribution in [0.15, 0.2) is 11.6 Å². The van der Waals surface area contributed by atoms with E-state index in [-0.39, 0.29) is 50.6 Å². The van der Waals surface area contributed by atoms with Crippen molar-refractivity contribution in [3.05, 3.63) is 11.6 Å². The highest BCUT2D eigenvalue weighted by Gasteiger charge is 2.49. The van der Waals surface area contributed by atoms with E-state index in [1.165, 1.54) is 6.92 Å². The van der Waals surface area contributed by atoms with E-state index in [0.717, 1.165) is 12.8 Å². The molecule has 0 aromatic carbocycles. The Bertz CT molecular complexity index is 706. The molecule has 1 saturated heterocycles. The maximum Gasteiger partial charge on any atom is 0.333 e. The summed E-state index contributed by atoms with van der Waals surface area (Å²) < 4.78 is 16.6. The zero-order valence-corrected chi connectivity index (χ0v) is 20.9. The summed E-state index contributed by atoms with van der Waals surface area (Å²) >= 11 is 0. The summed E-state index contributed by atoms with van der Waals surface area (Å²) in [5, 5.41) is 46.5. The molecule has 34 heavy (non-hydrogen) atoms. The molecule has 0 spiro atoms. The Morgan fingerprint density at radius 3 is 2.44 bits per heavy atom. The van der Waals surface area contributed by atoms with E-state index in [2.05, 4.69) is 10.6 Å². The Kier molecular flexibility index (Phi) is 12.4. The number of aliphatic hydroxyl groups excluding tert-OH is 3. The second-order valence-corrected chi connectivity index (χ2v) is 8.53. The third-order valence-electron chi connectivity index (χ3n) is 6.06. The average Bonchev–Trinajstić information content (AvgIpc) is 2.78. The Hall–Kier alpha value is -1.31. The number of hydrogen-bond acceptors (Lipinski definition) is 10. The molecule has 0 aromatic heterocycles. The summed E-state index contributed by atoms with van der Waals surface area (Å²) in [5.41, 5.74) is 0.361. The first-order valence-corrected chi connectivity index (χ1v) is 11.5. The molecule has 11 nitrogen and oxygen atoms in total. The van der Waals surface area contributed by atoms with Crippen molar-refractivity contribution >= 4 is 24.3 Å².